The molecule has 0 amide bonds. The van der Waals surface area contributed by atoms with E-state index in [9.17, 15) is 14.3 Å². The Morgan fingerprint density at radius 1 is 1.08 bits per heavy atom. The molecule has 6 heteroatoms. The molecule has 0 aliphatic carbocycles. The lowest BCUT2D eigenvalue weighted by molar-refractivity contribution is 0.0697. The molecule has 0 spiro atoms. The van der Waals surface area contributed by atoms with Crippen molar-refractivity contribution in [3.63, 3.8) is 0 Å². The zero-order valence-corrected chi connectivity index (χ0v) is 13.5. The van der Waals surface area contributed by atoms with E-state index in [4.69, 9.17) is 0 Å². The van der Waals surface area contributed by atoms with Crippen molar-refractivity contribution in [1.82, 2.24) is 9.97 Å². The second-order valence-corrected chi connectivity index (χ2v) is 5.16. The fourth-order valence-electron chi connectivity index (χ4n) is 2.37. The predicted octanol–water partition coefficient (Wildman–Crippen LogP) is 4.38. The van der Waals surface area contributed by atoms with Crippen LogP contribution in [0.4, 0.5) is 4.39 Å². The minimum atomic E-state index is -1.15. The van der Waals surface area contributed by atoms with Crippen molar-refractivity contribution in [2.45, 2.75) is 6.92 Å². The molecule has 0 saturated heterocycles. The summed E-state index contributed by atoms with van der Waals surface area (Å²) in [5, 5.41) is 9.47. The lowest BCUT2D eigenvalue weighted by atomic mass is 10.0. The van der Waals surface area contributed by atoms with Crippen molar-refractivity contribution in [2.75, 3.05) is 0 Å². The zero-order chi connectivity index (χ0) is 16.4. The van der Waals surface area contributed by atoms with E-state index in [1.165, 1.54) is 24.4 Å². The van der Waals surface area contributed by atoms with E-state index < -0.39 is 11.8 Å². The topological polar surface area (TPSA) is 63.1 Å². The lowest BCUT2D eigenvalue weighted by Gasteiger charge is -2.09. The summed E-state index contributed by atoms with van der Waals surface area (Å²) in [6.07, 6.45) is 4.88. The van der Waals surface area contributed by atoms with Crippen molar-refractivity contribution in [3.8, 4) is 22.4 Å². The standard InChI is InChI=1S/C18H13FN2O2.ClH/c1-11-6-12(9-20-8-11)13-7-15(18(22)23)17(21-10-13)14-4-2-3-5-16(14)19;/h2-10H,1H3,(H,22,23);1H. The predicted molar refractivity (Wildman–Crippen MR) is 91.8 cm³/mol. The molecule has 24 heavy (non-hydrogen) atoms. The van der Waals surface area contributed by atoms with Crippen LogP contribution in [-0.2, 0) is 0 Å². The average molecular weight is 345 g/mol. The summed E-state index contributed by atoms with van der Waals surface area (Å²) in [4.78, 5) is 19.9. The number of pyridine rings is 2. The normalized spacial score (nSPS) is 10.1. The van der Waals surface area contributed by atoms with E-state index in [1.54, 1.807) is 24.5 Å². The van der Waals surface area contributed by atoms with Gasteiger partial charge in [0.1, 0.15) is 5.82 Å². The van der Waals surface area contributed by atoms with Crippen LogP contribution in [-0.4, -0.2) is 21.0 Å². The Bertz CT molecular complexity index is 900. The maximum absolute atomic E-state index is 14.0. The van der Waals surface area contributed by atoms with Gasteiger partial charge in [0.05, 0.1) is 11.3 Å². The van der Waals surface area contributed by atoms with E-state index in [0.29, 0.717) is 5.56 Å². The number of aromatic carboxylic acids is 1. The average Bonchev–Trinajstić information content (AvgIpc) is 2.55. The van der Waals surface area contributed by atoms with Crippen LogP contribution in [0.15, 0.2) is 55.0 Å². The first kappa shape index (κ1) is 17.6. The highest BCUT2D eigenvalue weighted by Crippen LogP contribution is 2.28. The number of halogens is 2. The zero-order valence-electron chi connectivity index (χ0n) is 12.7. The fraction of sp³-hybridized carbons (Fsp3) is 0.0556. The molecule has 0 atom stereocenters. The number of hydrogen-bond donors (Lipinski definition) is 1. The summed E-state index contributed by atoms with van der Waals surface area (Å²) >= 11 is 0. The fourth-order valence-corrected chi connectivity index (χ4v) is 2.37. The van der Waals surface area contributed by atoms with Crippen molar-refractivity contribution < 1.29 is 14.3 Å². The van der Waals surface area contributed by atoms with Crippen LogP contribution in [0.5, 0.6) is 0 Å². The van der Waals surface area contributed by atoms with Crippen LogP contribution >= 0.6 is 12.4 Å². The monoisotopic (exact) mass is 344 g/mol. The third-order valence-electron chi connectivity index (χ3n) is 3.46. The minimum absolute atomic E-state index is 0. The second kappa shape index (κ2) is 7.19. The number of aryl methyl sites for hydroxylation is 1. The molecule has 1 aromatic carbocycles. The number of nitrogens with zero attached hydrogens (tertiary/aromatic N) is 2. The Balaban J connectivity index is 0.00000208. The van der Waals surface area contributed by atoms with Gasteiger partial charge in [0.15, 0.2) is 0 Å². The minimum Gasteiger partial charge on any atom is -0.478 e. The van der Waals surface area contributed by atoms with Gasteiger partial charge in [0, 0.05) is 35.3 Å². The molecule has 0 bridgehead atoms. The van der Waals surface area contributed by atoms with Crippen molar-refractivity contribution >= 4 is 18.4 Å². The van der Waals surface area contributed by atoms with Crippen molar-refractivity contribution in [1.29, 1.82) is 0 Å². The molecule has 2 aromatic heterocycles. The highest BCUT2D eigenvalue weighted by molar-refractivity contribution is 5.96. The molecule has 0 aliphatic rings. The highest BCUT2D eigenvalue weighted by Gasteiger charge is 2.17. The molecular formula is C18H14ClFN2O2. The van der Waals surface area contributed by atoms with Gasteiger partial charge in [0.25, 0.3) is 0 Å². The van der Waals surface area contributed by atoms with Gasteiger partial charge < -0.3 is 5.11 Å². The number of carboxylic acid groups (broad SMARTS) is 1. The van der Waals surface area contributed by atoms with Gasteiger partial charge in [0.2, 0.25) is 0 Å². The molecule has 3 aromatic rings. The Hall–Kier alpha value is -2.79. The third kappa shape index (κ3) is 3.41. The van der Waals surface area contributed by atoms with Crippen LogP contribution in [0.2, 0.25) is 0 Å². The summed E-state index contributed by atoms with van der Waals surface area (Å²) in [6.45, 7) is 1.90. The molecule has 3 rings (SSSR count). The SMILES string of the molecule is Cc1cncc(-c2cnc(-c3ccccc3F)c(C(=O)O)c2)c1.Cl. The molecule has 0 radical (unpaired) electrons. The number of aromatic nitrogens is 2. The van der Waals surface area contributed by atoms with Gasteiger partial charge in [-0.2, -0.15) is 0 Å². The van der Waals surface area contributed by atoms with Gasteiger partial charge in [-0.25, -0.2) is 9.18 Å². The molecule has 0 aliphatic heterocycles. The molecule has 0 saturated carbocycles. The molecule has 122 valence electrons. The second-order valence-electron chi connectivity index (χ2n) is 5.16. The largest absolute Gasteiger partial charge is 0.478 e. The van der Waals surface area contributed by atoms with Crippen molar-refractivity contribution in [2.24, 2.45) is 0 Å². The van der Waals surface area contributed by atoms with Gasteiger partial charge in [-0.1, -0.05) is 12.1 Å². The van der Waals surface area contributed by atoms with Crippen LogP contribution in [0, 0.1) is 12.7 Å². The van der Waals surface area contributed by atoms with Gasteiger partial charge >= 0.3 is 5.97 Å². The van der Waals surface area contributed by atoms with E-state index in [-0.39, 0.29) is 29.2 Å². The quantitative estimate of drug-likeness (QED) is 0.766. The van der Waals surface area contributed by atoms with Gasteiger partial charge in [-0.3, -0.25) is 9.97 Å². The first-order chi connectivity index (χ1) is 11.1. The summed E-state index contributed by atoms with van der Waals surface area (Å²) in [7, 11) is 0. The lowest BCUT2D eigenvalue weighted by Crippen LogP contribution is -2.03. The number of hydrogen-bond acceptors (Lipinski definition) is 3. The van der Waals surface area contributed by atoms with E-state index in [1.807, 2.05) is 13.0 Å². The Labute approximate surface area is 144 Å². The summed E-state index contributed by atoms with van der Waals surface area (Å²) in [5.41, 5.74) is 2.57. The molecule has 0 unspecified atom stereocenters. The van der Waals surface area contributed by atoms with Crippen LogP contribution in [0.3, 0.4) is 0 Å². The summed E-state index contributed by atoms with van der Waals surface area (Å²) in [6, 6.07) is 9.36. The highest BCUT2D eigenvalue weighted by atomic mass is 35.5. The Kier molecular flexibility index (Phi) is 5.26. The van der Waals surface area contributed by atoms with Crippen molar-refractivity contribution in [3.05, 3.63) is 71.9 Å². The summed E-state index contributed by atoms with van der Waals surface area (Å²) < 4.78 is 14.0. The summed E-state index contributed by atoms with van der Waals surface area (Å²) in [5.74, 6) is -1.66. The van der Waals surface area contributed by atoms with Crippen LogP contribution in [0.25, 0.3) is 22.4 Å². The van der Waals surface area contributed by atoms with E-state index >= 15 is 0 Å². The molecule has 1 N–H and O–H groups in total. The number of benzene rings is 1. The Morgan fingerprint density at radius 2 is 1.79 bits per heavy atom. The van der Waals surface area contributed by atoms with Crippen LogP contribution in [0.1, 0.15) is 15.9 Å². The van der Waals surface area contributed by atoms with E-state index in [2.05, 4.69) is 9.97 Å². The molecule has 4 nitrogen and oxygen atoms in total. The first-order valence-electron chi connectivity index (χ1n) is 6.96. The number of carboxylic acids is 1. The number of rotatable bonds is 3. The Morgan fingerprint density at radius 3 is 2.46 bits per heavy atom. The smallest absolute Gasteiger partial charge is 0.337 e. The molecule has 2 heterocycles. The van der Waals surface area contributed by atoms with E-state index in [0.717, 1.165) is 11.1 Å². The third-order valence-corrected chi connectivity index (χ3v) is 3.46. The van der Waals surface area contributed by atoms with Gasteiger partial charge in [-0.05, 0) is 36.8 Å². The first-order valence-corrected chi connectivity index (χ1v) is 6.96. The number of carbonyl (C=O) groups is 1. The maximum Gasteiger partial charge on any atom is 0.337 e. The van der Waals surface area contributed by atoms with Crippen LogP contribution < -0.4 is 0 Å². The maximum atomic E-state index is 14.0. The van der Waals surface area contributed by atoms with Gasteiger partial charge in [-0.15, -0.1) is 12.4 Å². The molecule has 0 fully saturated rings. The molecular weight excluding hydrogens is 331 g/mol.